The number of aliphatic hydroxyl groups excluding tert-OH is 1. The largest absolute Gasteiger partial charge is 0.493 e. The number of nitrogens with one attached hydrogen (secondary N) is 2. The second-order valence-electron chi connectivity index (χ2n) is 9.12. The van der Waals surface area contributed by atoms with Crippen LogP contribution in [0.25, 0.3) is 0 Å². The maximum atomic E-state index is 13.8. The Kier molecular flexibility index (Phi) is 6.50. The number of aromatic nitrogens is 2. The summed E-state index contributed by atoms with van der Waals surface area (Å²) in [6.07, 6.45) is -2.71. The van der Waals surface area contributed by atoms with E-state index in [4.69, 9.17) is 9.47 Å². The van der Waals surface area contributed by atoms with Crippen LogP contribution < -0.4 is 14.8 Å². The summed E-state index contributed by atoms with van der Waals surface area (Å²) < 4.78 is 52.6. The molecule has 1 unspecified atom stereocenters. The molecule has 0 saturated carbocycles. The molecule has 7 nitrogen and oxygen atoms in total. The van der Waals surface area contributed by atoms with Gasteiger partial charge < -0.3 is 19.9 Å². The molecule has 0 bridgehead atoms. The summed E-state index contributed by atoms with van der Waals surface area (Å²) in [4.78, 5) is 12.1. The zero-order valence-electron chi connectivity index (χ0n) is 19.5. The van der Waals surface area contributed by atoms with Gasteiger partial charge >= 0.3 is 6.18 Å². The summed E-state index contributed by atoms with van der Waals surface area (Å²) in [5.74, 6) is 0.748. The first-order chi connectivity index (χ1) is 16.5. The second-order valence-corrected chi connectivity index (χ2v) is 9.12. The molecule has 4 rings (SSSR count). The fraction of sp³-hybridized carbons (Fsp3) is 0.360. The zero-order chi connectivity index (χ0) is 25.4. The molecule has 1 aliphatic heterocycles. The highest BCUT2D eigenvalue weighted by atomic mass is 19.4. The van der Waals surface area contributed by atoms with E-state index in [1.165, 1.54) is 13.2 Å². The molecule has 2 aromatic carbocycles. The number of aliphatic hydroxyl groups is 1. The summed E-state index contributed by atoms with van der Waals surface area (Å²) in [5.41, 5.74) is 0.344. The lowest BCUT2D eigenvalue weighted by atomic mass is 9.84. The first-order valence-corrected chi connectivity index (χ1v) is 11.0. The van der Waals surface area contributed by atoms with Crippen molar-refractivity contribution in [3.63, 3.8) is 0 Å². The van der Waals surface area contributed by atoms with Crippen LogP contribution in [0.3, 0.4) is 0 Å². The van der Waals surface area contributed by atoms with Crippen LogP contribution in [0.5, 0.6) is 11.5 Å². The lowest BCUT2D eigenvalue weighted by molar-refractivity contribution is -0.138. The van der Waals surface area contributed by atoms with Gasteiger partial charge in [0.1, 0.15) is 12.4 Å². The SMILES string of the molecule is COc1cc(C2CC(=O)Nc3[nH]ncc32)ccc1OCc1ccc(C(C)(C)CO)cc1C(F)(F)F. The number of anilines is 1. The second kappa shape index (κ2) is 9.26. The van der Waals surface area contributed by atoms with E-state index in [-0.39, 0.29) is 42.8 Å². The van der Waals surface area contributed by atoms with Crippen molar-refractivity contribution in [2.24, 2.45) is 0 Å². The molecule has 2 heterocycles. The zero-order valence-corrected chi connectivity index (χ0v) is 19.5. The lowest BCUT2D eigenvalue weighted by Gasteiger charge is -2.25. The van der Waals surface area contributed by atoms with Gasteiger partial charge in [-0.15, -0.1) is 0 Å². The number of hydrogen-bond donors (Lipinski definition) is 3. The van der Waals surface area contributed by atoms with E-state index in [2.05, 4.69) is 15.5 Å². The number of benzene rings is 2. The number of amides is 1. The van der Waals surface area contributed by atoms with Crippen molar-refractivity contribution in [3.8, 4) is 11.5 Å². The van der Waals surface area contributed by atoms with Crippen LogP contribution in [0.1, 0.15) is 54.0 Å². The molecule has 10 heteroatoms. The minimum Gasteiger partial charge on any atom is -0.493 e. The van der Waals surface area contributed by atoms with Crippen molar-refractivity contribution in [3.05, 3.63) is 70.4 Å². The van der Waals surface area contributed by atoms with E-state index >= 15 is 0 Å². The van der Waals surface area contributed by atoms with Gasteiger partial charge in [0.2, 0.25) is 5.91 Å². The number of carbonyl (C=O) groups is 1. The molecule has 1 amide bonds. The average molecular weight is 489 g/mol. The minimum absolute atomic E-state index is 0.0342. The number of carbonyl (C=O) groups excluding carboxylic acids is 1. The molecular weight excluding hydrogens is 463 g/mol. The van der Waals surface area contributed by atoms with Crippen LogP contribution in [0.4, 0.5) is 19.0 Å². The predicted octanol–water partition coefficient (Wildman–Crippen LogP) is 4.76. The maximum absolute atomic E-state index is 13.8. The van der Waals surface area contributed by atoms with E-state index in [1.807, 2.05) is 0 Å². The van der Waals surface area contributed by atoms with Gasteiger partial charge in [0.05, 0.1) is 25.5 Å². The summed E-state index contributed by atoms with van der Waals surface area (Å²) in [7, 11) is 1.44. The molecule has 35 heavy (non-hydrogen) atoms. The Morgan fingerprint density at radius 3 is 2.60 bits per heavy atom. The molecular formula is C25H26F3N3O4. The number of alkyl halides is 3. The van der Waals surface area contributed by atoms with E-state index in [1.54, 1.807) is 44.3 Å². The molecule has 0 saturated heterocycles. The first-order valence-electron chi connectivity index (χ1n) is 11.0. The van der Waals surface area contributed by atoms with Gasteiger partial charge in [0, 0.05) is 28.9 Å². The molecule has 1 aliphatic rings. The molecule has 0 aliphatic carbocycles. The molecule has 3 N–H and O–H groups in total. The Morgan fingerprint density at radius 1 is 1.14 bits per heavy atom. The van der Waals surface area contributed by atoms with Gasteiger partial charge in [-0.05, 0) is 29.3 Å². The Labute approximate surface area is 200 Å². The third-order valence-corrected chi connectivity index (χ3v) is 6.26. The highest BCUT2D eigenvalue weighted by molar-refractivity contribution is 5.94. The Morgan fingerprint density at radius 2 is 1.91 bits per heavy atom. The third-order valence-electron chi connectivity index (χ3n) is 6.26. The van der Waals surface area contributed by atoms with Crippen LogP contribution in [0.2, 0.25) is 0 Å². The smallest absolute Gasteiger partial charge is 0.416 e. The fourth-order valence-corrected chi connectivity index (χ4v) is 4.10. The van der Waals surface area contributed by atoms with Gasteiger partial charge in [-0.25, -0.2) is 0 Å². The number of H-pyrrole nitrogens is 1. The summed E-state index contributed by atoms with van der Waals surface area (Å²) in [6, 6.07) is 9.10. The van der Waals surface area contributed by atoms with Crippen molar-refractivity contribution in [1.29, 1.82) is 0 Å². The highest BCUT2D eigenvalue weighted by Crippen LogP contribution is 2.40. The average Bonchev–Trinajstić information content (AvgIpc) is 3.29. The van der Waals surface area contributed by atoms with Gasteiger partial charge in [-0.1, -0.05) is 32.0 Å². The topological polar surface area (TPSA) is 96.5 Å². The summed E-state index contributed by atoms with van der Waals surface area (Å²) in [6.45, 7) is 2.73. The summed E-state index contributed by atoms with van der Waals surface area (Å²) >= 11 is 0. The Bertz CT molecular complexity index is 1240. The molecule has 0 radical (unpaired) electrons. The molecule has 0 fully saturated rings. The number of nitrogens with zero attached hydrogens (tertiary/aromatic N) is 1. The van der Waals surface area contributed by atoms with Crippen LogP contribution in [-0.4, -0.2) is 34.9 Å². The summed E-state index contributed by atoms with van der Waals surface area (Å²) in [5, 5.41) is 19.0. The van der Waals surface area contributed by atoms with Gasteiger partial charge in [-0.2, -0.15) is 18.3 Å². The van der Waals surface area contributed by atoms with E-state index in [9.17, 15) is 23.1 Å². The molecule has 1 atom stereocenters. The molecule has 0 spiro atoms. The van der Waals surface area contributed by atoms with Crippen LogP contribution >= 0.6 is 0 Å². The van der Waals surface area contributed by atoms with Gasteiger partial charge in [0.15, 0.2) is 11.5 Å². The Hall–Kier alpha value is -3.53. The minimum atomic E-state index is -4.59. The number of aromatic amines is 1. The number of hydrogen-bond acceptors (Lipinski definition) is 5. The van der Waals surface area contributed by atoms with Crippen LogP contribution in [0.15, 0.2) is 42.6 Å². The predicted molar refractivity (Wildman–Crippen MR) is 123 cm³/mol. The first kappa shape index (κ1) is 24.6. The molecule has 3 aromatic rings. The van der Waals surface area contributed by atoms with Crippen molar-refractivity contribution >= 4 is 11.7 Å². The monoisotopic (exact) mass is 489 g/mol. The van der Waals surface area contributed by atoms with E-state index < -0.39 is 17.2 Å². The number of halogens is 3. The van der Waals surface area contributed by atoms with Crippen molar-refractivity contribution in [2.45, 2.75) is 44.4 Å². The number of fused-ring (bicyclic) bond motifs is 1. The third kappa shape index (κ3) is 4.97. The quantitative estimate of drug-likeness (QED) is 0.445. The highest BCUT2D eigenvalue weighted by Gasteiger charge is 2.35. The lowest BCUT2D eigenvalue weighted by Crippen LogP contribution is -2.23. The van der Waals surface area contributed by atoms with Gasteiger partial charge in [-0.3, -0.25) is 9.89 Å². The van der Waals surface area contributed by atoms with Crippen molar-refractivity contribution in [2.75, 3.05) is 19.0 Å². The Balaban J connectivity index is 1.60. The van der Waals surface area contributed by atoms with E-state index in [0.29, 0.717) is 17.1 Å². The van der Waals surface area contributed by atoms with Crippen LogP contribution in [-0.2, 0) is 23.0 Å². The molecule has 186 valence electrons. The van der Waals surface area contributed by atoms with Gasteiger partial charge in [0.25, 0.3) is 0 Å². The number of methoxy groups -OCH3 is 1. The number of rotatable bonds is 7. The normalized spacial score (nSPS) is 16.0. The maximum Gasteiger partial charge on any atom is 0.416 e. The van der Waals surface area contributed by atoms with Crippen molar-refractivity contribution < 1.29 is 32.5 Å². The van der Waals surface area contributed by atoms with E-state index in [0.717, 1.165) is 17.2 Å². The fourth-order valence-electron chi connectivity index (χ4n) is 4.10. The molecule has 1 aromatic heterocycles. The van der Waals surface area contributed by atoms with Crippen LogP contribution in [0, 0.1) is 0 Å². The van der Waals surface area contributed by atoms with Crippen molar-refractivity contribution in [1.82, 2.24) is 10.2 Å². The standard InChI is InChI=1S/C25H26F3N3O4/c1-24(2,13-32)16-6-4-15(19(9-16)25(26,27)28)12-35-20-7-5-14(8-21(20)34-3)17-10-22(33)30-23-18(17)11-29-31-23/h4-9,11,17,32H,10,12-13H2,1-3H3,(H2,29,30,31,33). The number of ether oxygens (including phenoxy) is 2.